The molecule has 0 saturated heterocycles. The molecule has 5 nitrogen and oxygen atoms in total. The number of carbonyl (C=O) groups excluding carboxylic acids is 1. The molecule has 8 heteroatoms. The lowest BCUT2D eigenvalue weighted by atomic mass is 10.3. The van der Waals surface area contributed by atoms with Crippen molar-refractivity contribution in [1.82, 2.24) is 14.9 Å². The molecule has 0 unspecified atom stereocenters. The number of aryl methyl sites for hydroxylation is 2. The normalized spacial score (nSPS) is 11.8. The zero-order valence-electron chi connectivity index (χ0n) is 12.7. The molecule has 0 aliphatic heterocycles. The number of carbonyl (C=O) groups is 1. The van der Waals surface area contributed by atoms with Crippen LogP contribution < -0.4 is 5.32 Å². The monoisotopic (exact) mass is 329 g/mol. The molecule has 1 N–H and O–H groups in total. The van der Waals surface area contributed by atoms with Crippen LogP contribution in [0.3, 0.4) is 0 Å². The maximum absolute atomic E-state index is 11.9. The summed E-state index contributed by atoms with van der Waals surface area (Å²) in [5.74, 6) is 0.326. The summed E-state index contributed by atoms with van der Waals surface area (Å²) >= 11 is 0. The van der Waals surface area contributed by atoms with Gasteiger partial charge in [0.05, 0.1) is 11.0 Å². The maximum atomic E-state index is 11.9. The Labute approximate surface area is 131 Å². The van der Waals surface area contributed by atoms with Crippen molar-refractivity contribution in [2.45, 2.75) is 26.1 Å². The van der Waals surface area contributed by atoms with Gasteiger partial charge in [-0.2, -0.15) is 13.2 Å². The molecule has 1 heterocycles. The SMILES string of the molecule is Cc1nc2ccccc2n1CCCNC(=O)COCC(F)(F)F. The largest absolute Gasteiger partial charge is 0.411 e. The zero-order valence-corrected chi connectivity index (χ0v) is 12.7. The Morgan fingerprint density at radius 3 is 2.83 bits per heavy atom. The van der Waals surface area contributed by atoms with Crippen molar-refractivity contribution < 1.29 is 22.7 Å². The molecule has 1 amide bonds. The summed E-state index contributed by atoms with van der Waals surface area (Å²) in [7, 11) is 0. The van der Waals surface area contributed by atoms with Gasteiger partial charge in [-0.1, -0.05) is 12.1 Å². The van der Waals surface area contributed by atoms with Gasteiger partial charge in [0, 0.05) is 13.1 Å². The highest BCUT2D eigenvalue weighted by Crippen LogP contribution is 2.15. The van der Waals surface area contributed by atoms with Gasteiger partial charge >= 0.3 is 6.18 Å². The number of ether oxygens (including phenoxy) is 1. The van der Waals surface area contributed by atoms with Gasteiger partial charge in [-0.25, -0.2) is 4.98 Å². The summed E-state index contributed by atoms with van der Waals surface area (Å²) in [5, 5.41) is 2.53. The molecule has 2 aromatic rings. The second kappa shape index (κ2) is 7.45. The van der Waals surface area contributed by atoms with Gasteiger partial charge in [0.25, 0.3) is 0 Å². The van der Waals surface area contributed by atoms with E-state index in [9.17, 15) is 18.0 Å². The van der Waals surface area contributed by atoms with E-state index < -0.39 is 25.3 Å². The number of amides is 1. The van der Waals surface area contributed by atoms with E-state index in [1.54, 1.807) is 0 Å². The average Bonchev–Trinajstić information content (AvgIpc) is 2.78. The van der Waals surface area contributed by atoms with E-state index >= 15 is 0 Å². The van der Waals surface area contributed by atoms with Gasteiger partial charge < -0.3 is 14.6 Å². The van der Waals surface area contributed by atoms with Crippen molar-refractivity contribution in [1.29, 1.82) is 0 Å². The molecule has 2 rings (SSSR count). The number of hydrogen-bond acceptors (Lipinski definition) is 3. The lowest BCUT2D eigenvalue weighted by Crippen LogP contribution is -2.31. The van der Waals surface area contributed by atoms with Crippen molar-refractivity contribution in [2.75, 3.05) is 19.8 Å². The molecule has 0 saturated carbocycles. The Bertz CT molecular complexity index is 668. The summed E-state index contributed by atoms with van der Waals surface area (Å²) < 4.78 is 41.9. The molecular formula is C15H18F3N3O2. The van der Waals surface area contributed by atoms with Gasteiger partial charge in [-0.3, -0.25) is 4.79 Å². The first-order valence-corrected chi connectivity index (χ1v) is 7.20. The van der Waals surface area contributed by atoms with E-state index in [2.05, 4.69) is 15.0 Å². The smallest absolute Gasteiger partial charge is 0.362 e. The summed E-state index contributed by atoms with van der Waals surface area (Å²) in [4.78, 5) is 15.8. The number of benzene rings is 1. The van der Waals surface area contributed by atoms with Crippen LogP contribution in [0.25, 0.3) is 11.0 Å². The Morgan fingerprint density at radius 1 is 1.35 bits per heavy atom. The Balaban J connectivity index is 1.73. The van der Waals surface area contributed by atoms with Crippen molar-refractivity contribution >= 4 is 16.9 Å². The van der Waals surface area contributed by atoms with E-state index in [-0.39, 0.29) is 0 Å². The molecule has 0 aliphatic carbocycles. The van der Waals surface area contributed by atoms with Crippen LogP contribution in [0.2, 0.25) is 0 Å². The lowest BCUT2D eigenvalue weighted by molar-refractivity contribution is -0.175. The van der Waals surface area contributed by atoms with Crippen molar-refractivity contribution in [3.63, 3.8) is 0 Å². The van der Waals surface area contributed by atoms with E-state index in [0.717, 1.165) is 16.9 Å². The predicted octanol–water partition coefficient (Wildman–Crippen LogP) is 2.43. The number of rotatable bonds is 7. The number of imidazole rings is 1. The van der Waals surface area contributed by atoms with E-state index in [1.807, 2.05) is 35.8 Å². The second-order valence-electron chi connectivity index (χ2n) is 5.11. The zero-order chi connectivity index (χ0) is 16.9. The van der Waals surface area contributed by atoms with Crippen molar-refractivity contribution in [3.05, 3.63) is 30.1 Å². The third-order valence-electron chi connectivity index (χ3n) is 3.22. The number of aromatic nitrogens is 2. The number of halogens is 3. The number of nitrogens with zero attached hydrogens (tertiary/aromatic N) is 2. The Morgan fingerprint density at radius 2 is 2.09 bits per heavy atom. The molecule has 1 aromatic heterocycles. The quantitative estimate of drug-likeness (QED) is 0.794. The van der Waals surface area contributed by atoms with Crippen LogP contribution in [-0.4, -0.2) is 41.4 Å². The van der Waals surface area contributed by atoms with Crippen LogP contribution >= 0.6 is 0 Å². The lowest BCUT2D eigenvalue weighted by Gasteiger charge is -2.09. The molecule has 0 fully saturated rings. The minimum atomic E-state index is -4.42. The molecule has 0 spiro atoms. The second-order valence-corrected chi connectivity index (χ2v) is 5.11. The van der Waals surface area contributed by atoms with Crippen molar-refractivity contribution in [2.24, 2.45) is 0 Å². The van der Waals surface area contributed by atoms with Crippen LogP contribution in [0, 0.1) is 6.92 Å². The van der Waals surface area contributed by atoms with E-state index in [0.29, 0.717) is 19.5 Å². The Hall–Kier alpha value is -2.09. The minimum absolute atomic E-state index is 0.361. The first kappa shape index (κ1) is 17.3. The topological polar surface area (TPSA) is 56.2 Å². The Kier molecular flexibility index (Phi) is 5.59. The summed E-state index contributed by atoms with van der Waals surface area (Å²) in [6, 6.07) is 7.75. The number of hydrogen-bond donors (Lipinski definition) is 1. The minimum Gasteiger partial charge on any atom is -0.362 e. The third kappa shape index (κ3) is 5.24. The van der Waals surface area contributed by atoms with E-state index in [1.165, 1.54) is 0 Å². The summed E-state index contributed by atoms with van der Waals surface area (Å²) in [6.07, 6.45) is -3.77. The van der Waals surface area contributed by atoms with Gasteiger partial charge in [0.15, 0.2) is 0 Å². The predicted molar refractivity (Wildman–Crippen MR) is 79.0 cm³/mol. The average molecular weight is 329 g/mol. The van der Waals surface area contributed by atoms with Crippen LogP contribution in [-0.2, 0) is 16.1 Å². The fraction of sp³-hybridized carbons (Fsp3) is 0.467. The standard InChI is InChI=1S/C15H18F3N3O2/c1-11-20-12-5-2-3-6-13(12)21(11)8-4-7-19-14(22)9-23-10-15(16,17)18/h2-3,5-6H,4,7-10H2,1H3,(H,19,22). The molecular weight excluding hydrogens is 311 g/mol. The number of nitrogens with one attached hydrogen (secondary N) is 1. The highest BCUT2D eigenvalue weighted by atomic mass is 19.4. The fourth-order valence-corrected chi connectivity index (χ4v) is 2.25. The summed E-state index contributed by atoms with van der Waals surface area (Å²) in [6.45, 7) is 0.924. The first-order valence-electron chi connectivity index (χ1n) is 7.20. The van der Waals surface area contributed by atoms with Crippen molar-refractivity contribution in [3.8, 4) is 0 Å². The molecule has 0 atom stereocenters. The molecule has 23 heavy (non-hydrogen) atoms. The van der Waals surface area contributed by atoms with Crippen LogP contribution in [0.4, 0.5) is 13.2 Å². The van der Waals surface area contributed by atoms with Gasteiger partial charge in [-0.05, 0) is 25.5 Å². The first-order chi connectivity index (χ1) is 10.9. The molecule has 0 bridgehead atoms. The third-order valence-corrected chi connectivity index (χ3v) is 3.22. The number of para-hydroxylation sites is 2. The number of alkyl halides is 3. The fourth-order valence-electron chi connectivity index (χ4n) is 2.25. The van der Waals surface area contributed by atoms with Crippen LogP contribution in [0.5, 0.6) is 0 Å². The van der Waals surface area contributed by atoms with Crippen LogP contribution in [0.15, 0.2) is 24.3 Å². The molecule has 1 aromatic carbocycles. The van der Waals surface area contributed by atoms with Crippen LogP contribution in [0.1, 0.15) is 12.2 Å². The molecule has 126 valence electrons. The molecule has 0 radical (unpaired) electrons. The van der Waals surface area contributed by atoms with E-state index in [4.69, 9.17) is 0 Å². The van der Waals surface area contributed by atoms with Gasteiger partial charge in [0.1, 0.15) is 19.0 Å². The maximum Gasteiger partial charge on any atom is 0.411 e. The summed E-state index contributed by atoms with van der Waals surface area (Å²) in [5.41, 5.74) is 1.93. The number of fused-ring (bicyclic) bond motifs is 1. The highest BCUT2D eigenvalue weighted by molar-refractivity contribution is 5.77. The molecule has 0 aliphatic rings. The van der Waals surface area contributed by atoms with Gasteiger partial charge in [-0.15, -0.1) is 0 Å². The van der Waals surface area contributed by atoms with Gasteiger partial charge in [0.2, 0.25) is 5.91 Å². The highest BCUT2D eigenvalue weighted by Gasteiger charge is 2.27.